The van der Waals surface area contributed by atoms with Gasteiger partial charge >= 0.3 is 0 Å². The van der Waals surface area contributed by atoms with E-state index in [4.69, 9.17) is 14.2 Å². The summed E-state index contributed by atoms with van der Waals surface area (Å²) in [7, 11) is 1.53. The van der Waals surface area contributed by atoms with E-state index < -0.39 is 23.5 Å². The molecule has 0 aliphatic carbocycles. The summed E-state index contributed by atoms with van der Waals surface area (Å²) in [5, 5.41) is 11.5. The van der Waals surface area contributed by atoms with Gasteiger partial charge in [-0.05, 0) is 44.9 Å². The van der Waals surface area contributed by atoms with Gasteiger partial charge in [0.15, 0.2) is 17.3 Å². The molecule has 0 bridgehead atoms. The molecule has 1 atom stereocenters. The Morgan fingerprint density at radius 2 is 1.94 bits per heavy atom. The van der Waals surface area contributed by atoms with Crippen molar-refractivity contribution in [1.29, 1.82) is 0 Å². The molecule has 1 aliphatic rings. The van der Waals surface area contributed by atoms with Crippen molar-refractivity contribution in [3.05, 3.63) is 50.7 Å². The van der Waals surface area contributed by atoms with Crippen molar-refractivity contribution >= 4 is 23.0 Å². The molecular weight excluding hydrogens is 444 g/mol. The zero-order valence-corrected chi connectivity index (χ0v) is 20.5. The van der Waals surface area contributed by atoms with Crippen molar-refractivity contribution in [1.82, 2.24) is 9.88 Å². The van der Waals surface area contributed by atoms with Crippen LogP contribution in [0.1, 0.15) is 52.2 Å². The van der Waals surface area contributed by atoms with Crippen LogP contribution in [-0.4, -0.2) is 60.2 Å². The highest BCUT2D eigenvalue weighted by atomic mass is 32.1. The van der Waals surface area contributed by atoms with Crippen LogP contribution >= 0.6 is 11.3 Å². The van der Waals surface area contributed by atoms with Gasteiger partial charge in [-0.3, -0.25) is 9.59 Å². The lowest BCUT2D eigenvalue weighted by Gasteiger charge is -2.27. The van der Waals surface area contributed by atoms with E-state index in [-0.39, 0.29) is 18.7 Å². The lowest BCUT2D eigenvalue weighted by molar-refractivity contribution is -0.130. The van der Waals surface area contributed by atoms with Crippen LogP contribution in [0, 0.1) is 13.8 Å². The van der Waals surface area contributed by atoms with Crippen LogP contribution in [0.3, 0.4) is 0 Å². The summed E-state index contributed by atoms with van der Waals surface area (Å²) in [5.41, 5.74) is 1.24. The Labute approximate surface area is 197 Å². The number of nitrogens with zero attached hydrogens (tertiary/aromatic N) is 2. The Bertz CT molecular complexity index is 1060. The second kappa shape index (κ2) is 10.8. The summed E-state index contributed by atoms with van der Waals surface area (Å²) in [6, 6.07) is 4.54. The lowest BCUT2D eigenvalue weighted by Crippen LogP contribution is -2.34. The third-order valence-electron chi connectivity index (χ3n) is 5.24. The zero-order valence-electron chi connectivity index (χ0n) is 19.6. The number of Topliss-reactive ketones (excluding diaryl/α,β-unsaturated/α-hetero) is 1. The first-order valence-electron chi connectivity index (χ1n) is 10.9. The maximum Gasteiger partial charge on any atom is 0.290 e. The van der Waals surface area contributed by atoms with Crippen molar-refractivity contribution in [2.45, 2.75) is 40.2 Å². The van der Waals surface area contributed by atoms with Gasteiger partial charge < -0.3 is 24.2 Å². The van der Waals surface area contributed by atoms with Gasteiger partial charge in [0.05, 0.1) is 47.0 Å². The molecule has 1 unspecified atom stereocenters. The van der Waals surface area contributed by atoms with Crippen LogP contribution in [0.25, 0.3) is 0 Å². The molecule has 8 nitrogen and oxygen atoms in total. The second-order valence-corrected chi connectivity index (χ2v) is 8.82. The number of hydrogen-bond donors (Lipinski definition) is 1. The van der Waals surface area contributed by atoms with Gasteiger partial charge in [-0.2, -0.15) is 0 Å². The highest BCUT2D eigenvalue weighted by molar-refractivity contribution is 7.14. The quantitative estimate of drug-likeness (QED) is 0.488. The van der Waals surface area contributed by atoms with E-state index in [9.17, 15) is 14.7 Å². The maximum atomic E-state index is 13.5. The Morgan fingerprint density at radius 1 is 1.18 bits per heavy atom. The normalized spacial score (nSPS) is 16.0. The molecule has 33 heavy (non-hydrogen) atoms. The Hall–Kier alpha value is -2.91. The number of aromatic nitrogens is 1. The first-order chi connectivity index (χ1) is 15.8. The molecule has 0 radical (unpaired) electrons. The lowest BCUT2D eigenvalue weighted by atomic mass is 9.94. The van der Waals surface area contributed by atoms with Gasteiger partial charge in [0, 0.05) is 13.7 Å². The molecule has 0 spiro atoms. The van der Waals surface area contributed by atoms with Gasteiger partial charge in [0.1, 0.15) is 0 Å². The summed E-state index contributed by atoms with van der Waals surface area (Å²) >= 11 is 1.25. The van der Waals surface area contributed by atoms with E-state index in [0.29, 0.717) is 40.8 Å². The minimum absolute atomic E-state index is 0.0347. The number of benzene rings is 1. The number of carbonyl (C=O) groups is 2. The third kappa shape index (κ3) is 5.04. The topological polar surface area (TPSA) is 98.2 Å². The predicted octanol–water partition coefficient (Wildman–Crippen LogP) is 4.17. The first-order valence-corrected chi connectivity index (χ1v) is 11.8. The number of hydrogen-bond acceptors (Lipinski definition) is 8. The summed E-state index contributed by atoms with van der Waals surface area (Å²) in [4.78, 5) is 32.7. The molecule has 178 valence electrons. The fraction of sp³-hybridized carbons (Fsp3) is 0.458. The average molecular weight is 475 g/mol. The maximum absolute atomic E-state index is 13.5. The molecule has 1 aromatic carbocycles. The van der Waals surface area contributed by atoms with E-state index in [1.165, 1.54) is 23.3 Å². The van der Waals surface area contributed by atoms with Gasteiger partial charge in [0.2, 0.25) is 5.78 Å². The highest BCUT2D eigenvalue weighted by Gasteiger charge is 2.44. The van der Waals surface area contributed by atoms with Crippen molar-refractivity contribution < 1.29 is 28.9 Å². The predicted molar refractivity (Wildman–Crippen MR) is 125 cm³/mol. The van der Waals surface area contributed by atoms with Crippen molar-refractivity contribution in [3.63, 3.8) is 0 Å². The van der Waals surface area contributed by atoms with Gasteiger partial charge in [-0.25, -0.2) is 4.98 Å². The standard InChI is InChI=1S/C24H30N2O6S/c1-6-11-32-17-9-8-16(13-18(17)31-7-2)20-19(21(27)23-14(3)25-15(4)33-23)22(28)24(29)26(20)10-12-30-5/h8-9,13,20,28H,6-7,10-12H2,1-5H3. The molecule has 9 heteroatoms. The number of ketones is 1. The molecule has 2 aromatic rings. The summed E-state index contributed by atoms with van der Waals surface area (Å²) < 4.78 is 16.7. The largest absolute Gasteiger partial charge is 0.503 e. The van der Waals surface area contributed by atoms with E-state index in [1.54, 1.807) is 25.1 Å². The highest BCUT2D eigenvalue weighted by Crippen LogP contribution is 2.42. The molecule has 0 saturated carbocycles. The molecule has 1 amide bonds. The number of rotatable bonds is 11. The molecule has 0 fully saturated rings. The van der Waals surface area contributed by atoms with Crippen LogP contribution in [0.2, 0.25) is 0 Å². The number of aliphatic hydroxyl groups is 1. The van der Waals surface area contributed by atoms with Gasteiger partial charge in [-0.1, -0.05) is 13.0 Å². The van der Waals surface area contributed by atoms with Crippen LogP contribution < -0.4 is 9.47 Å². The molecular formula is C24H30N2O6S. The van der Waals surface area contributed by atoms with E-state index >= 15 is 0 Å². The first kappa shape index (κ1) is 24.7. The fourth-order valence-electron chi connectivity index (χ4n) is 3.81. The smallest absolute Gasteiger partial charge is 0.290 e. The molecule has 2 heterocycles. The Kier molecular flexibility index (Phi) is 8.10. The summed E-state index contributed by atoms with van der Waals surface area (Å²) in [6.07, 6.45) is 0.845. The number of thiazole rings is 1. The van der Waals surface area contributed by atoms with Gasteiger partial charge in [-0.15, -0.1) is 11.3 Å². The van der Waals surface area contributed by atoms with E-state index in [2.05, 4.69) is 4.98 Å². The number of ether oxygens (including phenoxy) is 3. The second-order valence-electron chi connectivity index (χ2n) is 7.62. The Balaban J connectivity index is 2.10. The Morgan fingerprint density at radius 3 is 2.55 bits per heavy atom. The minimum Gasteiger partial charge on any atom is -0.503 e. The number of methoxy groups -OCH3 is 1. The molecule has 1 N–H and O–H groups in total. The van der Waals surface area contributed by atoms with E-state index in [1.807, 2.05) is 20.8 Å². The van der Waals surface area contributed by atoms with Crippen LogP contribution in [0.5, 0.6) is 11.5 Å². The number of amides is 1. The summed E-state index contributed by atoms with van der Waals surface area (Å²) in [6.45, 7) is 8.87. The number of carbonyl (C=O) groups excluding carboxylic acids is 2. The SMILES string of the molecule is CCCOc1ccc(C2C(C(=O)c3sc(C)nc3C)=C(O)C(=O)N2CCOC)cc1OCC. The van der Waals surface area contributed by atoms with Crippen molar-refractivity contribution in [2.24, 2.45) is 0 Å². The van der Waals surface area contributed by atoms with Crippen LogP contribution in [0.4, 0.5) is 0 Å². The number of aliphatic hydroxyl groups excluding tert-OH is 1. The zero-order chi connectivity index (χ0) is 24.1. The fourth-order valence-corrected chi connectivity index (χ4v) is 4.69. The van der Waals surface area contributed by atoms with Crippen molar-refractivity contribution in [3.8, 4) is 11.5 Å². The molecule has 1 aromatic heterocycles. The van der Waals surface area contributed by atoms with Crippen LogP contribution in [0.15, 0.2) is 29.5 Å². The minimum atomic E-state index is -0.790. The van der Waals surface area contributed by atoms with Gasteiger partial charge in [0.25, 0.3) is 5.91 Å². The third-order valence-corrected chi connectivity index (χ3v) is 6.31. The molecule has 1 aliphatic heterocycles. The average Bonchev–Trinajstić information content (AvgIpc) is 3.26. The molecule has 3 rings (SSSR count). The van der Waals surface area contributed by atoms with Crippen LogP contribution in [-0.2, 0) is 9.53 Å². The molecule has 0 saturated heterocycles. The number of aryl methyl sites for hydroxylation is 2. The summed E-state index contributed by atoms with van der Waals surface area (Å²) in [5.74, 6) is -0.451. The van der Waals surface area contributed by atoms with Crippen molar-refractivity contribution in [2.75, 3.05) is 33.5 Å². The van der Waals surface area contributed by atoms with E-state index in [0.717, 1.165) is 11.4 Å². The monoisotopic (exact) mass is 474 g/mol.